The normalized spacial score (nSPS) is 13.0. The van der Waals surface area contributed by atoms with Gasteiger partial charge >= 0.3 is 0 Å². The van der Waals surface area contributed by atoms with Gasteiger partial charge in [0, 0.05) is 16.1 Å². The molecule has 6 heteroatoms. The Morgan fingerprint density at radius 2 is 1.91 bits per heavy atom. The summed E-state index contributed by atoms with van der Waals surface area (Å²) in [6.07, 6.45) is 0. The van der Waals surface area contributed by atoms with Gasteiger partial charge < -0.3 is 5.11 Å². The molecule has 0 saturated heterocycles. The van der Waals surface area contributed by atoms with Crippen LogP contribution in [0.2, 0.25) is 5.02 Å². The molecule has 0 fully saturated rings. The third kappa shape index (κ3) is 2.34. The number of aliphatic imine (C=N–C) groups is 1. The second-order valence-electron chi connectivity index (χ2n) is 5.22. The summed E-state index contributed by atoms with van der Waals surface area (Å²) >= 11 is 6.21. The number of hydrogen-bond acceptors (Lipinski definition) is 4. The summed E-state index contributed by atoms with van der Waals surface area (Å²) in [6.45, 7) is 0.208. The lowest BCUT2D eigenvalue weighted by molar-refractivity contribution is 0.268. The van der Waals surface area contributed by atoms with E-state index in [2.05, 4.69) is 10.2 Å². The van der Waals surface area contributed by atoms with E-state index in [1.54, 1.807) is 0 Å². The van der Waals surface area contributed by atoms with Gasteiger partial charge in [0.25, 0.3) is 0 Å². The van der Waals surface area contributed by atoms with E-state index in [9.17, 15) is 5.11 Å². The lowest BCUT2D eigenvalue weighted by Gasteiger charge is -2.13. The Balaban J connectivity index is 2.00. The molecule has 2 heterocycles. The fraction of sp³-hybridized carbons (Fsp3) is 0.118. The Morgan fingerprint density at radius 3 is 2.70 bits per heavy atom. The van der Waals surface area contributed by atoms with Crippen LogP contribution in [-0.2, 0) is 13.2 Å². The number of nitrogens with zero attached hydrogens (tertiary/aromatic N) is 4. The van der Waals surface area contributed by atoms with Gasteiger partial charge in [0.05, 0.1) is 11.4 Å². The molecular weight excluding hydrogens is 316 g/mol. The minimum absolute atomic E-state index is 0.185. The Bertz CT molecular complexity index is 902. The maximum atomic E-state index is 9.55. The molecule has 0 bridgehead atoms. The van der Waals surface area contributed by atoms with Crippen LogP contribution < -0.4 is 0 Å². The summed E-state index contributed by atoms with van der Waals surface area (Å²) in [6, 6.07) is 15.6. The number of hydrogen-bond donors (Lipinski definition) is 1. The number of benzene rings is 2. The van der Waals surface area contributed by atoms with Crippen molar-refractivity contribution in [3.05, 3.63) is 76.3 Å². The van der Waals surface area contributed by atoms with E-state index in [1.165, 1.54) is 0 Å². The van der Waals surface area contributed by atoms with E-state index >= 15 is 0 Å². The van der Waals surface area contributed by atoms with Crippen LogP contribution in [-0.4, -0.2) is 25.6 Å². The SMILES string of the molecule is O[13CH2][13c]1nn[13c]2n1-c1ccc(Cl)cc1C(c1ccccc1)=N[13CH2]2. The molecule has 2 aromatic carbocycles. The highest BCUT2D eigenvalue weighted by Crippen LogP contribution is 2.28. The lowest BCUT2D eigenvalue weighted by atomic mass is 10.0. The topological polar surface area (TPSA) is 63.3 Å². The Morgan fingerprint density at radius 1 is 1.09 bits per heavy atom. The average molecular weight is 329 g/mol. The molecule has 114 valence electrons. The van der Waals surface area contributed by atoms with Crippen molar-refractivity contribution in [2.75, 3.05) is 0 Å². The van der Waals surface area contributed by atoms with Gasteiger partial charge in [-0.3, -0.25) is 9.56 Å². The molecule has 1 N–H and O–H groups in total. The first-order chi connectivity index (χ1) is 11.3. The van der Waals surface area contributed by atoms with Crippen LogP contribution in [0.15, 0.2) is 53.5 Å². The van der Waals surface area contributed by atoms with Crippen LogP contribution in [0, 0.1) is 0 Å². The molecule has 1 aliphatic rings. The number of aromatic nitrogens is 3. The standard InChI is InChI=1S/C17H13ClN4O/c18-12-6-7-14-13(8-12)17(11-4-2-1-3-5-11)19-9-15-20-21-16(10-23)22(14)15/h1-8,23H,9-10H2/i9+1,10+1,15+1,16+1. The van der Waals surface area contributed by atoms with Gasteiger partial charge in [0.15, 0.2) is 11.6 Å². The molecule has 0 spiro atoms. The summed E-state index contributed by atoms with van der Waals surface area (Å²) in [5.74, 6) is 1.19. The molecule has 1 aromatic heterocycles. The van der Waals surface area contributed by atoms with Gasteiger partial charge in [-0.25, -0.2) is 0 Å². The van der Waals surface area contributed by atoms with Gasteiger partial charge in [0.1, 0.15) is 13.2 Å². The molecule has 0 amide bonds. The zero-order chi connectivity index (χ0) is 15.8. The highest BCUT2D eigenvalue weighted by atomic mass is 35.5. The molecule has 3 aromatic rings. The molecule has 0 radical (unpaired) electrons. The number of rotatable bonds is 2. The van der Waals surface area contributed by atoms with E-state index in [4.69, 9.17) is 16.6 Å². The lowest BCUT2D eigenvalue weighted by Crippen LogP contribution is -2.09. The molecule has 0 saturated carbocycles. The molecule has 0 aliphatic carbocycles. The first-order valence-electron chi connectivity index (χ1n) is 7.22. The summed E-state index contributed by atoms with van der Waals surface area (Å²) in [5, 5.41) is 18.4. The number of aliphatic hydroxyl groups excluding tert-OH is 1. The monoisotopic (exact) mass is 328 g/mol. The molecule has 1 aliphatic heterocycles. The van der Waals surface area contributed by atoms with Crippen molar-refractivity contribution >= 4 is 17.3 Å². The predicted molar refractivity (Wildman–Crippen MR) is 88.1 cm³/mol. The zero-order valence-corrected chi connectivity index (χ0v) is 12.9. The van der Waals surface area contributed by atoms with E-state index < -0.39 is 0 Å². The number of aliphatic hydroxyl groups is 1. The third-order valence-corrected chi connectivity index (χ3v) is 4.05. The van der Waals surface area contributed by atoms with Gasteiger partial charge in [-0.05, 0) is 18.2 Å². The molecule has 5 nitrogen and oxygen atoms in total. The van der Waals surface area contributed by atoms with Gasteiger partial charge in [-0.15, -0.1) is 10.2 Å². The van der Waals surface area contributed by atoms with E-state index in [1.807, 2.05) is 53.1 Å². The summed E-state index contributed by atoms with van der Waals surface area (Å²) in [7, 11) is 0. The van der Waals surface area contributed by atoms with Crippen molar-refractivity contribution in [1.29, 1.82) is 0 Å². The van der Waals surface area contributed by atoms with Crippen LogP contribution >= 0.6 is 11.6 Å². The van der Waals surface area contributed by atoms with Crippen molar-refractivity contribution < 1.29 is 5.11 Å². The number of halogens is 1. The Kier molecular flexibility index (Phi) is 3.44. The van der Waals surface area contributed by atoms with Crippen LogP contribution in [0.5, 0.6) is 0 Å². The highest BCUT2D eigenvalue weighted by molar-refractivity contribution is 6.31. The van der Waals surface area contributed by atoms with Crippen LogP contribution in [0.1, 0.15) is 22.8 Å². The summed E-state index contributed by atoms with van der Waals surface area (Å²) in [5.41, 5.74) is 3.65. The second-order valence-corrected chi connectivity index (χ2v) is 5.65. The minimum atomic E-state index is -0.185. The first-order valence-corrected chi connectivity index (χ1v) is 7.60. The van der Waals surface area contributed by atoms with Crippen molar-refractivity contribution in [1.82, 2.24) is 14.8 Å². The zero-order valence-electron chi connectivity index (χ0n) is 12.1. The third-order valence-electron chi connectivity index (χ3n) is 3.82. The van der Waals surface area contributed by atoms with Gasteiger partial charge in [0.2, 0.25) is 0 Å². The van der Waals surface area contributed by atoms with Crippen LogP contribution in [0.3, 0.4) is 0 Å². The molecule has 23 heavy (non-hydrogen) atoms. The average Bonchev–Trinajstić information content (AvgIpc) is 2.92. The van der Waals surface area contributed by atoms with Crippen molar-refractivity contribution in [2.45, 2.75) is 13.2 Å². The van der Waals surface area contributed by atoms with Crippen molar-refractivity contribution in [2.24, 2.45) is 4.99 Å². The Labute approximate surface area is 137 Å². The smallest absolute Gasteiger partial charge is 0.163 e. The molecular formula is C17H13ClN4O. The van der Waals surface area contributed by atoms with Gasteiger partial charge in [-0.2, -0.15) is 0 Å². The minimum Gasteiger partial charge on any atom is -0.388 e. The van der Waals surface area contributed by atoms with E-state index in [-0.39, 0.29) is 6.61 Å². The van der Waals surface area contributed by atoms with E-state index in [0.717, 1.165) is 22.5 Å². The molecule has 4 rings (SSSR count). The molecule has 0 unspecified atom stereocenters. The number of fused-ring (bicyclic) bond motifs is 3. The van der Waals surface area contributed by atoms with Gasteiger partial charge in [-0.1, -0.05) is 41.9 Å². The second kappa shape index (κ2) is 5.61. The predicted octanol–water partition coefficient (Wildman–Crippen LogP) is 2.76. The van der Waals surface area contributed by atoms with Crippen LogP contribution in [0.25, 0.3) is 5.69 Å². The maximum Gasteiger partial charge on any atom is 0.163 e. The fourth-order valence-corrected chi connectivity index (χ4v) is 2.98. The van der Waals surface area contributed by atoms with Crippen molar-refractivity contribution in [3.8, 4) is 5.69 Å². The quantitative estimate of drug-likeness (QED) is 0.736. The first kappa shape index (κ1) is 14.1. The Hall–Kier alpha value is -2.50. The summed E-state index contributed by atoms with van der Waals surface area (Å²) < 4.78 is 1.85. The van der Waals surface area contributed by atoms with Crippen LogP contribution in [0.4, 0.5) is 0 Å². The largest absolute Gasteiger partial charge is 0.388 e. The molecule has 0 atom stereocenters. The van der Waals surface area contributed by atoms with E-state index in [0.29, 0.717) is 23.2 Å². The maximum absolute atomic E-state index is 9.55. The highest BCUT2D eigenvalue weighted by Gasteiger charge is 2.22. The van der Waals surface area contributed by atoms with Crippen molar-refractivity contribution in [3.63, 3.8) is 0 Å². The fourth-order valence-electron chi connectivity index (χ4n) is 2.81. The summed E-state index contributed by atoms with van der Waals surface area (Å²) in [4.78, 5) is 4.72.